The fraction of sp³-hybridized carbons (Fsp3) is 0.351. The minimum atomic E-state index is -0.829. The van der Waals surface area contributed by atoms with E-state index >= 15 is 4.39 Å². The number of aromatic nitrogens is 4. The number of terminal acetylenes is 1. The Morgan fingerprint density at radius 2 is 1.90 bits per heavy atom. The molecule has 0 radical (unpaired) electrons. The van der Waals surface area contributed by atoms with E-state index in [1.54, 1.807) is 12.3 Å². The number of nitrogens with two attached hydrogens (primary N) is 1. The summed E-state index contributed by atoms with van der Waals surface area (Å²) in [7, 11) is 0. The topological polar surface area (TPSA) is 132 Å². The largest absolute Gasteiger partial charge is 0.508 e. The van der Waals surface area contributed by atoms with Crippen LogP contribution < -0.4 is 20.1 Å². The Morgan fingerprint density at radius 3 is 2.66 bits per heavy atom. The highest BCUT2D eigenvalue weighted by molar-refractivity contribution is 6.04. The Bertz CT molecular complexity index is 2180. The molecule has 1 unspecified atom stereocenters. The van der Waals surface area contributed by atoms with Gasteiger partial charge < -0.3 is 30.0 Å². The van der Waals surface area contributed by atoms with Crippen LogP contribution in [-0.2, 0) is 4.74 Å². The smallest absolute Gasteiger partial charge is 0.319 e. The molecule has 2 aromatic carbocycles. The number of ether oxygens (including phenoxy) is 3. The average molecular weight is 680 g/mol. The van der Waals surface area contributed by atoms with Gasteiger partial charge in [0, 0.05) is 47.8 Å². The van der Waals surface area contributed by atoms with Gasteiger partial charge in [-0.25, -0.2) is 18.7 Å². The Hall–Kier alpha value is -5.32. The van der Waals surface area contributed by atoms with Crippen LogP contribution in [0.3, 0.4) is 0 Å². The van der Waals surface area contributed by atoms with Crippen molar-refractivity contribution in [3.05, 3.63) is 65.4 Å². The van der Waals surface area contributed by atoms with E-state index in [1.165, 1.54) is 24.3 Å². The van der Waals surface area contributed by atoms with Crippen molar-refractivity contribution in [3.63, 3.8) is 0 Å². The number of aromatic hydroxyl groups is 1. The van der Waals surface area contributed by atoms with Crippen molar-refractivity contribution in [3.8, 4) is 41.2 Å². The zero-order chi connectivity index (χ0) is 34.6. The highest BCUT2D eigenvalue weighted by Crippen LogP contribution is 2.48. The van der Waals surface area contributed by atoms with Gasteiger partial charge >= 0.3 is 6.01 Å². The summed E-state index contributed by atoms with van der Waals surface area (Å²) in [4.78, 5) is 22.7. The third-order valence-electron chi connectivity index (χ3n) is 9.92. The molecule has 256 valence electrons. The van der Waals surface area contributed by atoms with E-state index in [4.69, 9.17) is 31.4 Å². The van der Waals surface area contributed by atoms with Crippen molar-refractivity contribution in [2.24, 2.45) is 5.41 Å². The molecule has 1 aliphatic carbocycles. The van der Waals surface area contributed by atoms with Crippen LogP contribution >= 0.6 is 0 Å². The van der Waals surface area contributed by atoms with Gasteiger partial charge in [-0.05, 0) is 49.4 Å². The summed E-state index contributed by atoms with van der Waals surface area (Å²) in [5, 5.41) is 11.6. The summed E-state index contributed by atoms with van der Waals surface area (Å²) in [6.45, 7) is 6.81. The molecule has 13 heteroatoms. The first-order chi connectivity index (χ1) is 24.2. The number of benzene rings is 2. The lowest BCUT2D eigenvalue weighted by molar-refractivity contribution is 0.0231. The number of pyridine rings is 2. The molecule has 8 rings (SSSR count). The zero-order valence-corrected chi connectivity index (χ0v) is 27.5. The Labute approximate surface area is 287 Å². The first-order valence-corrected chi connectivity index (χ1v) is 16.6. The maximum Gasteiger partial charge on any atom is 0.319 e. The fourth-order valence-electron chi connectivity index (χ4n) is 7.06. The summed E-state index contributed by atoms with van der Waals surface area (Å²) >= 11 is 0. The third-order valence-corrected chi connectivity index (χ3v) is 9.92. The van der Waals surface area contributed by atoms with Crippen LogP contribution in [0.25, 0.3) is 32.9 Å². The molecule has 1 saturated heterocycles. The number of nitrogen functional groups attached to an aromatic ring is 1. The molecule has 5 aromatic rings. The van der Waals surface area contributed by atoms with E-state index in [2.05, 4.69) is 25.8 Å². The number of morpholine rings is 1. The van der Waals surface area contributed by atoms with Gasteiger partial charge in [-0.2, -0.15) is 9.97 Å². The highest BCUT2D eigenvalue weighted by Gasteiger charge is 2.45. The predicted octanol–water partition coefficient (Wildman–Crippen LogP) is 5.24. The first-order valence-electron chi connectivity index (χ1n) is 16.6. The maximum absolute atomic E-state index is 17.1. The van der Waals surface area contributed by atoms with Gasteiger partial charge in [-0.3, -0.25) is 4.90 Å². The number of anilines is 2. The van der Waals surface area contributed by atoms with Crippen LogP contribution in [0.2, 0.25) is 0 Å². The summed E-state index contributed by atoms with van der Waals surface area (Å²) < 4.78 is 50.2. The number of rotatable bonds is 8. The molecule has 3 N–H and O–H groups in total. The van der Waals surface area contributed by atoms with E-state index in [0.717, 1.165) is 38.0 Å². The molecule has 0 spiro atoms. The van der Waals surface area contributed by atoms with E-state index in [-0.39, 0.29) is 68.8 Å². The maximum atomic E-state index is 17.1. The van der Waals surface area contributed by atoms with E-state index in [9.17, 15) is 9.50 Å². The molecule has 3 aromatic heterocycles. The van der Waals surface area contributed by atoms with E-state index in [0.29, 0.717) is 43.4 Å². The van der Waals surface area contributed by atoms with Crippen LogP contribution in [0.5, 0.6) is 17.6 Å². The first kappa shape index (κ1) is 31.9. The molecule has 50 heavy (non-hydrogen) atoms. The second-order valence-corrected chi connectivity index (χ2v) is 13.2. The molecule has 1 atom stereocenters. The highest BCUT2D eigenvalue weighted by atomic mass is 19.1. The van der Waals surface area contributed by atoms with E-state index in [1.807, 2.05) is 17.9 Å². The second-order valence-electron chi connectivity index (χ2n) is 13.2. The minimum absolute atomic E-state index is 0.00265. The number of nitrogens with zero attached hydrogens (tertiary/aromatic N) is 6. The lowest BCUT2D eigenvalue weighted by Gasteiger charge is -2.31. The van der Waals surface area contributed by atoms with Crippen molar-refractivity contribution >= 4 is 33.3 Å². The molecule has 1 saturated carbocycles. The molecular formula is C37H35F2N7O4. The van der Waals surface area contributed by atoms with Gasteiger partial charge in [0.2, 0.25) is 5.88 Å². The van der Waals surface area contributed by atoms with Crippen LogP contribution in [0.4, 0.5) is 20.4 Å². The lowest BCUT2D eigenvalue weighted by atomic mass is 9.95. The van der Waals surface area contributed by atoms with Crippen molar-refractivity contribution in [1.82, 2.24) is 24.8 Å². The predicted molar refractivity (Wildman–Crippen MR) is 184 cm³/mol. The molecular weight excluding hydrogens is 644 g/mol. The van der Waals surface area contributed by atoms with Crippen molar-refractivity contribution < 1.29 is 28.1 Å². The Balaban J connectivity index is 1.29. The monoisotopic (exact) mass is 679 g/mol. The van der Waals surface area contributed by atoms with Crippen molar-refractivity contribution in [2.45, 2.75) is 25.8 Å². The lowest BCUT2D eigenvalue weighted by Crippen LogP contribution is -2.41. The third kappa shape index (κ3) is 5.64. The quantitative estimate of drug-likeness (QED) is 0.209. The molecule has 5 heterocycles. The standard InChI is InChI=1S/C37H35F2N7O4/c1-3-24-27(38)7-6-22-17-23(47)18-26(28(22)24)31-30(39)32-29-34(44-36(43-32)50-20-37(8-9-37)19-45-11-14-48-15-12-45)46(13-16-49-35(29)42-31)21(2)25-5-4-10-41-33(25)40/h1,4-7,10,17-18,21,47H,8-9,11-16,19-20H2,2H3,(H2,40,41). The number of phenolic OH excluding ortho intramolecular Hbond substituents is 1. The summed E-state index contributed by atoms with van der Waals surface area (Å²) in [6.07, 6.45) is 9.34. The van der Waals surface area contributed by atoms with Gasteiger partial charge in [-0.1, -0.05) is 18.1 Å². The van der Waals surface area contributed by atoms with Crippen LogP contribution in [-0.4, -0.2) is 82.5 Å². The van der Waals surface area contributed by atoms with Gasteiger partial charge in [0.15, 0.2) is 5.82 Å². The molecule has 2 aliphatic heterocycles. The summed E-state index contributed by atoms with van der Waals surface area (Å²) in [6, 6.07) is 8.76. The number of halogens is 2. The van der Waals surface area contributed by atoms with Crippen LogP contribution in [0.15, 0.2) is 42.6 Å². The number of hydrogen-bond donors (Lipinski definition) is 2. The van der Waals surface area contributed by atoms with Gasteiger partial charge in [-0.15, -0.1) is 6.42 Å². The van der Waals surface area contributed by atoms with Gasteiger partial charge in [0.05, 0.1) is 38.0 Å². The summed E-state index contributed by atoms with van der Waals surface area (Å²) in [5.41, 5.74) is 6.69. The SMILES string of the molecule is C#Cc1c(F)ccc2cc(O)cc(-c3nc4c5c(nc(OCC6(CN7CCOCC7)CC6)nc5c3F)N(C(C)c3cccnc3N)CCO4)c12. The van der Waals surface area contributed by atoms with Crippen molar-refractivity contribution in [1.29, 1.82) is 0 Å². The van der Waals surface area contributed by atoms with E-state index < -0.39 is 11.6 Å². The molecule has 2 fully saturated rings. The van der Waals surface area contributed by atoms with Crippen LogP contribution in [0.1, 0.15) is 36.9 Å². The minimum Gasteiger partial charge on any atom is -0.508 e. The number of fused-ring (bicyclic) bond motifs is 1. The van der Waals surface area contributed by atoms with Gasteiger partial charge in [0.25, 0.3) is 0 Å². The molecule has 0 amide bonds. The number of phenols is 1. The summed E-state index contributed by atoms with van der Waals surface area (Å²) in [5.74, 6) is 1.52. The van der Waals surface area contributed by atoms with Gasteiger partial charge in [0.1, 0.15) is 46.4 Å². The molecule has 11 nitrogen and oxygen atoms in total. The Morgan fingerprint density at radius 1 is 1.08 bits per heavy atom. The molecule has 0 bridgehead atoms. The average Bonchev–Trinajstić information content (AvgIpc) is 3.91. The second kappa shape index (κ2) is 12.5. The van der Waals surface area contributed by atoms with Crippen LogP contribution in [0, 0.1) is 29.4 Å². The fourth-order valence-corrected chi connectivity index (χ4v) is 7.06. The van der Waals surface area contributed by atoms with Crippen molar-refractivity contribution in [2.75, 3.05) is 63.2 Å². The Kier molecular flexibility index (Phi) is 8.00. The normalized spacial score (nSPS) is 17.6. The molecule has 3 aliphatic rings. The number of hydrogen-bond acceptors (Lipinski definition) is 11. The zero-order valence-electron chi connectivity index (χ0n) is 27.5.